The van der Waals surface area contributed by atoms with Gasteiger partial charge in [0.05, 0.1) is 22.9 Å². The first-order valence-corrected chi connectivity index (χ1v) is 18.1. The highest BCUT2D eigenvalue weighted by Gasteiger charge is 2.55. The fraction of sp³-hybridized carbons (Fsp3) is 0.429. The molecular weight excluding hydrogens is 635 g/mol. The molecular formula is C35H38F2O7S2. The fourth-order valence-corrected chi connectivity index (χ4v) is 9.59. The van der Waals surface area contributed by atoms with Crippen LogP contribution in [0.5, 0.6) is 0 Å². The first kappa shape index (κ1) is 34.1. The number of esters is 2. The number of rotatable bonds is 11. The van der Waals surface area contributed by atoms with E-state index in [9.17, 15) is 31.3 Å². The number of hydrogen-bond acceptors (Lipinski definition) is 7. The lowest BCUT2D eigenvalue weighted by molar-refractivity contribution is -0.172. The lowest BCUT2D eigenvalue weighted by atomic mass is 9.49. The predicted octanol–water partition coefficient (Wildman–Crippen LogP) is 6.99. The summed E-state index contributed by atoms with van der Waals surface area (Å²) in [5, 5.41) is -4.66. The summed E-state index contributed by atoms with van der Waals surface area (Å²) in [4.78, 5) is 28.0. The molecule has 0 spiro atoms. The highest BCUT2D eigenvalue weighted by molar-refractivity contribution is 7.97. The zero-order chi connectivity index (χ0) is 32.8. The van der Waals surface area contributed by atoms with Gasteiger partial charge in [-0.2, -0.15) is 8.78 Å². The predicted molar refractivity (Wildman–Crippen MR) is 168 cm³/mol. The van der Waals surface area contributed by atoms with E-state index in [0.29, 0.717) is 17.8 Å². The Hall–Kier alpha value is -3.28. The molecule has 4 saturated carbocycles. The molecule has 4 aliphatic rings. The SMILES string of the molecule is O=C(CCCOC(=O)C12CC3CC(CC(C3)C1)C2)OCC(F)(F)S(=O)(=O)[O-].c1ccc([S+](c2ccccc2)c2ccccc2)cc1. The molecule has 0 aliphatic heterocycles. The van der Waals surface area contributed by atoms with Crippen molar-refractivity contribution in [1.82, 2.24) is 0 Å². The van der Waals surface area contributed by atoms with Gasteiger partial charge in [0.15, 0.2) is 31.4 Å². The standard InChI is InChI=1S/C18H15S.C17H24F2O7S/c1-4-10-16(11-5-1)19(17-12-6-2-7-13-17)18-14-8-3-9-15-18;18-17(19,27(22,23)24)10-26-14(20)2-1-3-25-15(21)16-7-11-4-12(8-16)6-13(5-11)9-16/h1-15H;11-13H,1-10H2,(H,22,23,24)/q+1;/p-1. The number of carbonyl (C=O) groups is 2. The molecule has 11 heteroatoms. The molecule has 0 unspecified atom stereocenters. The second kappa shape index (κ2) is 14.6. The van der Waals surface area contributed by atoms with Crippen LogP contribution in [0.3, 0.4) is 0 Å². The third kappa shape index (κ3) is 8.35. The van der Waals surface area contributed by atoms with E-state index in [1.807, 2.05) is 0 Å². The molecule has 0 saturated heterocycles. The minimum Gasteiger partial charge on any atom is -0.743 e. The quantitative estimate of drug-likeness (QED) is 0.0935. The Bertz CT molecular complexity index is 1440. The van der Waals surface area contributed by atoms with Gasteiger partial charge in [-0.1, -0.05) is 54.6 Å². The summed E-state index contributed by atoms with van der Waals surface area (Å²) in [6.07, 6.45) is 5.93. The molecule has 0 atom stereocenters. The van der Waals surface area contributed by atoms with Gasteiger partial charge < -0.3 is 14.0 Å². The van der Waals surface area contributed by atoms with E-state index in [2.05, 4.69) is 95.7 Å². The molecule has 0 N–H and O–H groups in total. The summed E-state index contributed by atoms with van der Waals surface area (Å²) in [5.41, 5.74) is -0.403. The van der Waals surface area contributed by atoms with Gasteiger partial charge in [-0.3, -0.25) is 9.59 Å². The highest BCUT2D eigenvalue weighted by Crippen LogP contribution is 2.60. The van der Waals surface area contributed by atoms with Crippen LogP contribution in [0.15, 0.2) is 106 Å². The van der Waals surface area contributed by atoms with Crippen LogP contribution in [0.4, 0.5) is 8.78 Å². The Kier molecular flexibility index (Phi) is 10.8. The van der Waals surface area contributed by atoms with Gasteiger partial charge in [0.2, 0.25) is 0 Å². The van der Waals surface area contributed by atoms with Crippen LogP contribution >= 0.6 is 0 Å². The van der Waals surface area contributed by atoms with E-state index in [1.165, 1.54) is 33.9 Å². The Morgan fingerprint density at radius 1 is 0.761 bits per heavy atom. The van der Waals surface area contributed by atoms with E-state index in [-0.39, 0.29) is 36.3 Å². The van der Waals surface area contributed by atoms with Crippen molar-refractivity contribution in [1.29, 1.82) is 0 Å². The van der Waals surface area contributed by atoms with E-state index in [1.54, 1.807) is 0 Å². The number of alkyl halides is 2. The van der Waals surface area contributed by atoms with Gasteiger partial charge in [-0.15, -0.1) is 0 Å². The molecule has 7 rings (SSSR count). The lowest BCUT2D eigenvalue weighted by Gasteiger charge is -2.55. The van der Waals surface area contributed by atoms with Crippen molar-refractivity contribution in [3.63, 3.8) is 0 Å². The van der Waals surface area contributed by atoms with Gasteiger partial charge in [0.25, 0.3) is 0 Å². The molecule has 4 fully saturated rings. The molecule has 46 heavy (non-hydrogen) atoms. The van der Waals surface area contributed by atoms with Crippen molar-refractivity contribution < 1.29 is 40.8 Å². The normalized spacial score (nSPS) is 23.3. The molecule has 0 amide bonds. The second-order valence-corrected chi connectivity index (χ2v) is 16.0. The zero-order valence-corrected chi connectivity index (χ0v) is 27.0. The minimum absolute atomic E-state index is 0.0146. The van der Waals surface area contributed by atoms with Gasteiger partial charge in [0.1, 0.15) is 0 Å². The topological polar surface area (TPSA) is 110 Å². The van der Waals surface area contributed by atoms with Crippen molar-refractivity contribution in [2.24, 2.45) is 23.2 Å². The van der Waals surface area contributed by atoms with Crippen LogP contribution < -0.4 is 0 Å². The molecule has 3 aromatic rings. The van der Waals surface area contributed by atoms with Crippen LogP contribution in [0.1, 0.15) is 51.4 Å². The third-order valence-electron chi connectivity index (χ3n) is 8.93. The summed E-state index contributed by atoms with van der Waals surface area (Å²) in [5.74, 6) is 0.469. The summed E-state index contributed by atoms with van der Waals surface area (Å²) >= 11 is 0. The number of halogens is 2. The second-order valence-electron chi connectivity index (χ2n) is 12.4. The van der Waals surface area contributed by atoms with Gasteiger partial charge >= 0.3 is 17.2 Å². The molecule has 246 valence electrons. The molecule has 7 nitrogen and oxygen atoms in total. The van der Waals surface area contributed by atoms with Crippen molar-refractivity contribution in [3.05, 3.63) is 91.0 Å². The summed E-state index contributed by atoms with van der Waals surface area (Å²) < 4.78 is 66.2. The van der Waals surface area contributed by atoms with E-state index < -0.39 is 33.4 Å². The Labute approximate surface area is 271 Å². The number of hydrogen-bond donors (Lipinski definition) is 0. The van der Waals surface area contributed by atoms with E-state index >= 15 is 0 Å². The van der Waals surface area contributed by atoms with Gasteiger partial charge in [0, 0.05) is 6.42 Å². The average molecular weight is 673 g/mol. The highest BCUT2D eigenvalue weighted by atomic mass is 32.2. The number of carbonyl (C=O) groups excluding carboxylic acids is 2. The molecule has 0 heterocycles. The third-order valence-corrected chi connectivity index (χ3v) is 12.0. The average Bonchev–Trinajstić information content (AvgIpc) is 3.03. The maximum absolute atomic E-state index is 12.9. The Balaban J connectivity index is 0.000000192. The van der Waals surface area contributed by atoms with Crippen molar-refractivity contribution in [3.8, 4) is 0 Å². The summed E-state index contributed by atoms with van der Waals surface area (Å²) in [6.45, 7) is -1.85. The Morgan fingerprint density at radius 3 is 1.57 bits per heavy atom. The molecule has 4 bridgehead atoms. The van der Waals surface area contributed by atoms with Crippen LogP contribution in [-0.4, -0.2) is 43.4 Å². The first-order valence-electron chi connectivity index (χ1n) is 15.5. The van der Waals surface area contributed by atoms with Crippen molar-refractivity contribution >= 4 is 33.0 Å². The maximum atomic E-state index is 12.9. The first-order chi connectivity index (χ1) is 22.0. The van der Waals surface area contributed by atoms with Crippen molar-refractivity contribution in [2.45, 2.75) is 71.3 Å². The Morgan fingerprint density at radius 2 is 1.17 bits per heavy atom. The minimum atomic E-state index is -5.89. The van der Waals surface area contributed by atoms with Gasteiger partial charge in [-0.25, -0.2) is 8.42 Å². The maximum Gasteiger partial charge on any atom is 0.367 e. The molecule has 0 radical (unpaired) electrons. The largest absolute Gasteiger partial charge is 0.743 e. The lowest BCUT2D eigenvalue weighted by Crippen LogP contribution is -2.50. The molecule has 3 aromatic carbocycles. The fourth-order valence-electron chi connectivity index (χ4n) is 7.28. The smallest absolute Gasteiger partial charge is 0.367 e. The van der Waals surface area contributed by atoms with Crippen LogP contribution in [-0.2, 0) is 40.1 Å². The van der Waals surface area contributed by atoms with E-state index in [0.717, 1.165) is 19.3 Å². The van der Waals surface area contributed by atoms with Crippen LogP contribution in [0.25, 0.3) is 0 Å². The van der Waals surface area contributed by atoms with Crippen LogP contribution in [0, 0.1) is 23.2 Å². The zero-order valence-electron chi connectivity index (χ0n) is 25.4. The summed E-state index contributed by atoms with van der Waals surface area (Å²) in [6, 6.07) is 32.2. The number of benzene rings is 3. The van der Waals surface area contributed by atoms with Crippen LogP contribution in [0.2, 0.25) is 0 Å². The number of ether oxygens (including phenoxy) is 2. The molecule has 4 aliphatic carbocycles. The summed E-state index contributed by atoms with van der Waals surface area (Å²) in [7, 11) is -5.90. The monoisotopic (exact) mass is 672 g/mol. The van der Waals surface area contributed by atoms with Gasteiger partial charge in [-0.05, 0) is 99.1 Å². The van der Waals surface area contributed by atoms with E-state index in [4.69, 9.17) is 4.74 Å². The molecule has 0 aromatic heterocycles. The van der Waals surface area contributed by atoms with Crippen molar-refractivity contribution in [2.75, 3.05) is 13.2 Å².